The number of pyridine rings is 1. The van der Waals surface area contributed by atoms with Gasteiger partial charge in [-0.25, -0.2) is 4.98 Å². The number of aryl methyl sites for hydroxylation is 1. The molecule has 3 N–H and O–H groups in total. The number of rotatable bonds is 4. The smallest absolute Gasteiger partial charge is 0.290 e. The molecular weight excluding hydrogens is 208 g/mol. The Morgan fingerprint density at radius 1 is 1.62 bits per heavy atom. The molecule has 0 aromatic carbocycles. The zero-order valence-electron chi connectivity index (χ0n) is 9.65. The predicted molar refractivity (Wildman–Crippen MR) is 62.4 cm³/mol. The maximum Gasteiger partial charge on any atom is 0.290 e. The van der Waals surface area contributed by atoms with E-state index in [0.717, 1.165) is 0 Å². The van der Waals surface area contributed by atoms with Gasteiger partial charge in [0.1, 0.15) is 12.0 Å². The largest absolute Gasteiger partial charge is 0.368 e. The summed E-state index contributed by atoms with van der Waals surface area (Å²) in [5.41, 5.74) is 6.06. The molecule has 0 saturated heterocycles. The molecule has 6 nitrogen and oxygen atoms in total. The van der Waals surface area contributed by atoms with Crippen LogP contribution in [0.2, 0.25) is 0 Å². The molecule has 1 heterocycles. The lowest BCUT2D eigenvalue weighted by atomic mass is 10.1. The van der Waals surface area contributed by atoms with Crippen molar-refractivity contribution in [3.63, 3.8) is 0 Å². The SMILES string of the molecule is Cc1cc(NCC(C)(C)N)ncc1[N+](=O)[O-]. The van der Waals surface area contributed by atoms with Crippen LogP contribution in [0, 0.1) is 17.0 Å². The van der Waals surface area contributed by atoms with E-state index in [0.29, 0.717) is 17.9 Å². The van der Waals surface area contributed by atoms with Crippen LogP contribution in [0.4, 0.5) is 11.5 Å². The number of nitro groups is 1. The fraction of sp³-hybridized carbons (Fsp3) is 0.500. The Bertz CT molecular complexity index is 398. The normalized spacial score (nSPS) is 11.2. The van der Waals surface area contributed by atoms with Crippen LogP contribution in [0.5, 0.6) is 0 Å². The van der Waals surface area contributed by atoms with E-state index < -0.39 is 4.92 Å². The van der Waals surface area contributed by atoms with Crippen LogP contribution in [-0.4, -0.2) is 22.0 Å². The quantitative estimate of drug-likeness (QED) is 0.596. The molecule has 0 bridgehead atoms. The van der Waals surface area contributed by atoms with E-state index in [1.807, 2.05) is 13.8 Å². The number of nitrogens with one attached hydrogen (secondary N) is 1. The van der Waals surface area contributed by atoms with Gasteiger partial charge in [-0.15, -0.1) is 0 Å². The first kappa shape index (κ1) is 12.4. The first-order valence-corrected chi connectivity index (χ1v) is 4.93. The summed E-state index contributed by atoms with van der Waals surface area (Å²) in [7, 11) is 0. The van der Waals surface area contributed by atoms with Gasteiger partial charge in [0, 0.05) is 17.6 Å². The second-order valence-corrected chi connectivity index (χ2v) is 4.46. The van der Waals surface area contributed by atoms with Crippen molar-refractivity contribution in [2.75, 3.05) is 11.9 Å². The van der Waals surface area contributed by atoms with Gasteiger partial charge in [0.2, 0.25) is 0 Å². The Hall–Kier alpha value is -1.69. The van der Waals surface area contributed by atoms with Gasteiger partial charge in [-0.3, -0.25) is 10.1 Å². The molecule has 16 heavy (non-hydrogen) atoms. The Morgan fingerprint density at radius 3 is 2.69 bits per heavy atom. The molecule has 88 valence electrons. The van der Waals surface area contributed by atoms with Crippen molar-refractivity contribution >= 4 is 11.5 Å². The average Bonchev–Trinajstić information content (AvgIpc) is 2.13. The maximum atomic E-state index is 10.6. The number of aromatic nitrogens is 1. The first-order valence-electron chi connectivity index (χ1n) is 4.93. The summed E-state index contributed by atoms with van der Waals surface area (Å²) in [4.78, 5) is 14.1. The Balaban J connectivity index is 2.78. The predicted octanol–water partition coefficient (Wildman–Crippen LogP) is 1.45. The van der Waals surface area contributed by atoms with Gasteiger partial charge in [0.05, 0.1) is 4.92 Å². The highest BCUT2D eigenvalue weighted by molar-refractivity contribution is 5.46. The molecule has 6 heteroatoms. The number of nitrogens with two attached hydrogens (primary N) is 1. The van der Waals surface area contributed by atoms with Crippen molar-refractivity contribution in [3.05, 3.63) is 27.9 Å². The molecule has 0 unspecified atom stereocenters. The highest BCUT2D eigenvalue weighted by Crippen LogP contribution is 2.18. The van der Waals surface area contributed by atoms with Crippen LogP contribution < -0.4 is 11.1 Å². The van der Waals surface area contributed by atoms with Crippen molar-refractivity contribution in [1.29, 1.82) is 0 Å². The highest BCUT2D eigenvalue weighted by atomic mass is 16.6. The van der Waals surface area contributed by atoms with Gasteiger partial charge in [-0.2, -0.15) is 0 Å². The van der Waals surface area contributed by atoms with E-state index in [4.69, 9.17) is 5.73 Å². The van der Waals surface area contributed by atoms with Crippen LogP contribution in [0.1, 0.15) is 19.4 Å². The van der Waals surface area contributed by atoms with Gasteiger partial charge in [0.15, 0.2) is 0 Å². The van der Waals surface area contributed by atoms with Crippen LogP contribution in [0.15, 0.2) is 12.3 Å². The van der Waals surface area contributed by atoms with Gasteiger partial charge < -0.3 is 11.1 Å². The van der Waals surface area contributed by atoms with Crippen molar-refractivity contribution < 1.29 is 4.92 Å². The molecule has 0 atom stereocenters. The summed E-state index contributed by atoms with van der Waals surface area (Å²) < 4.78 is 0. The number of nitrogens with zero attached hydrogens (tertiary/aromatic N) is 2. The molecule has 0 aliphatic rings. The minimum Gasteiger partial charge on any atom is -0.368 e. The molecule has 1 aromatic rings. The lowest BCUT2D eigenvalue weighted by molar-refractivity contribution is -0.385. The summed E-state index contributed by atoms with van der Waals surface area (Å²) >= 11 is 0. The van der Waals surface area contributed by atoms with Crippen LogP contribution >= 0.6 is 0 Å². The maximum absolute atomic E-state index is 10.6. The van der Waals surface area contributed by atoms with E-state index in [1.165, 1.54) is 6.20 Å². The zero-order valence-corrected chi connectivity index (χ0v) is 9.65. The molecule has 1 aromatic heterocycles. The molecule has 0 radical (unpaired) electrons. The van der Waals surface area contributed by atoms with E-state index in [9.17, 15) is 10.1 Å². The van der Waals surface area contributed by atoms with Crippen molar-refractivity contribution in [1.82, 2.24) is 4.98 Å². The van der Waals surface area contributed by atoms with E-state index in [-0.39, 0.29) is 11.2 Å². The van der Waals surface area contributed by atoms with E-state index in [2.05, 4.69) is 10.3 Å². The minimum atomic E-state index is -0.445. The van der Waals surface area contributed by atoms with Gasteiger partial charge in [0.25, 0.3) is 5.69 Å². The fourth-order valence-corrected chi connectivity index (χ4v) is 1.15. The molecule has 0 amide bonds. The summed E-state index contributed by atoms with van der Waals surface area (Å²) in [5, 5.41) is 13.6. The standard InChI is InChI=1S/C10H16N4O2/c1-7-4-9(13-6-10(2,3)11)12-5-8(7)14(15)16/h4-5H,6,11H2,1-3H3,(H,12,13). The zero-order chi connectivity index (χ0) is 12.3. The van der Waals surface area contributed by atoms with E-state index >= 15 is 0 Å². The lowest BCUT2D eigenvalue weighted by Gasteiger charge is -2.19. The Labute approximate surface area is 94.0 Å². The monoisotopic (exact) mass is 224 g/mol. The molecule has 0 aliphatic heterocycles. The molecule has 0 saturated carbocycles. The fourth-order valence-electron chi connectivity index (χ4n) is 1.15. The Morgan fingerprint density at radius 2 is 2.25 bits per heavy atom. The third kappa shape index (κ3) is 3.47. The second kappa shape index (κ2) is 4.44. The van der Waals surface area contributed by atoms with Gasteiger partial charge in [-0.05, 0) is 26.8 Å². The number of hydrogen-bond donors (Lipinski definition) is 2. The summed E-state index contributed by atoms with van der Waals surface area (Å²) in [6, 6.07) is 1.64. The molecule has 0 spiro atoms. The third-order valence-corrected chi connectivity index (χ3v) is 2.00. The Kier molecular flexibility index (Phi) is 3.44. The summed E-state index contributed by atoms with van der Waals surface area (Å²) in [5.74, 6) is 0.599. The van der Waals surface area contributed by atoms with Crippen molar-refractivity contribution in [2.45, 2.75) is 26.3 Å². The van der Waals surface area contributed by atoms with Crippen LogP contribution in [-0.2, 0) is 0 Å². The number of hydrogen-bond acceptors (Lipinski definition) is 5. The van der Waals surface area contributed by atoms with Crippen molar-refractivity contribution in [2.24, 2.45) is 5.73 Å². The average molecular weight is 224 g/mol. The van der Waals surface area contributed by atoms with Gasteiger partial charge >= 0.3 is 0 Å². The third-order valence-electron chi connectivity index (χ3n) is 2.00. The van der Waals surface area contributed by atoms with Gasteiger partial charge in [-0.1, -0.05) is 0 Å². The summed E-state index contributed by atoms with van der Waals surface area (Å²) in [6.07, 6.45) is 1.25. The van der Waals surface area contributed by atoms with Crippen LogP contribution in [0.25, 0.3) is 0 Å². The second-order valence-electron chi connectivity index (χ2n) is 4.46. The highest BCUT2D eigenvalue weighted by Gasteiger charge is 2.13. The van der Waals surface area contributed by atoms with Crippen molar-refractivity contribution in [3.8, 4) is 0 Å². The van der Waals surface area contributed by atoms with E-state index in [1.54, 1.807) is 13.0 Å². The number of anilines is 1. The topological polar surface area (TPSA) is 94.1 Å². The molecule has 0 fully saturated rings. The summed E-state index contributed by atoms with van der Waals surface area (Å²) in [6.45, 7) is 6.01. The minimum absolute atomic E-state index is 0.0255. The molecule has 1 rings (SSSR count). The molecular formula is C10H16N4O2. The first-order chi connectivity index (χ1) is 7.29. The molecule has 0 aliphatic carbocycles. The van der Waals surface area contributed by atoms with Crippen LogP contribution in [0.3, 0.4) is 0 Å². The lowest BCUT2D eigenvalue weighted by Crippen LogP contribution is -2.39.